The number of aryl methyl sites for hydroxylation is 3. The van der Waals surface area contributed by atoms with Crippen molar-refractivity contribution in [1.29, 1.82) is 0 Å². The average molecular weight is 288 g/mol. The number of aromatic nitrogens is 2. The molecule has 0 aliphatic rings. The van der Waals surface area contributed by atoms with Gasteiger partial charge < -0.3 is 9.84 Å². The Morgan fingerprint density at radius 1 is 1.33 bits per heavy atom. The van der Waals surface area contributed by atoms with Gasteiger partial charge in [0.25, 0.3) is 0 Å². The summed E-state index contributed by atoms with van der Waals surface area (Å²) in [5, 5.41) is 13.4. The molecule has 5 heteroatoms. The second kappa shape index (κ2) is 5.60. The van der Waals surface area contributed by atoms with Gasteiger partial charge in [-0.3, -0.25) is 0 Å². The van der Waals surface area contributed by atoms with E-state index in [1.807, 2.05) is 25.1 Å². The summed E-state index contributed by atoms with van der Waals surface area (Å²) < 4.78 is 7.21. The van der Waals surface area contributed by atoms with Crippen LogP contribution in [0.2, 0.25) is 0 Å². The summed E-state index contributed by atoms with van der Waals surface area (Å²) in [4.78, 5) is 11.3. The van der Waals surface area contributed by atoms with Crippen LogP contribution in [-0.4, -0.2) is 20.9 Å². The molecule has 1 aromatic heterocycles. The predicted molar refractivity (Wildman–Crippen MR) is 80.2 cm³/mol. The van der Waals surface area contributed by atoms with E-state index in [0.717, 1.165) is 5.56 Å². The summed E-state index contributed by atoms with van der Waals surface area (Å²) in [7, 11) is 1.67. The van der Waals surface area contributed by atoms with Crippen LogP contribution < -0.4 is 4.74 Å². The molecule has 0 bridgehead atoms. The normalized spacial score (nSPS) is 11.0. The second-order valence-electron chi connectivity index (χ2n) is 5.47. The minimum atomic E-state index is -1.04. The van der Waals surface area contributed by atoms with Crippen LogP contribution >= 0.6 is 0 Å². The molecule has 0 aliphatic carbocycles. The van der Waals surface area contributed by atoms with Crippen molar-refractivity contribution in [2.45, 2.75) is 33.6 Å². The van der Waals surface area contributed by atoms with E-state index in [9.17, 15) is 9.90 Å². The molecule has 0 saturated carbocycles. The topological polar surface area (TPSA) is 64.3 Å². The first kappa shape index (κ1) is 15.1. The maximum atomic E-state index is 11.3. The van der Waals surface area contributed by atoms with Gasteiger partial charge in [0.05, 0.1) is 5.69 Å². The first-order chi connectivity index (χ1) is 9.81. The Kier molecular flexibility index (Phi) is 4.02. The van der Waals surface area contributed by atoms with Gasteiger partial charge in [0.2, 0.25) is 5.88 Å². The average Bonchev–Trinajstić information content (AvgIpc) is 2.63. The van der Waals surface area contributed by atoms with Crippen LogP contribution in [0.5, 0.6) is 11.6 Å². The SMILES string of the molecule is Cc1cc(Oc2c(C(=O)O)c(C)nn2C)ccc1C(C)C. The molecular weight excluding hydrogens is 268 g/mol. The fourth-order valence-electron chi connectivity index (χ4n) is 2.47. The first-order valence-corrected chi connectivity index (χ1v) is 6.86. The molecule has 1 N–H and O–H groups in total. The number of rotatable bonds is 4. The quantitative estimate of drug-likeness (QED) is 0.932. The third kappa shape index (κ3) is 2.91. The summed E-state index contributed by atoms with van der Waals surface area (Å²) in [6.45, 7) is 7.95. The van der Waals surface area contributed by atoms with Gasteiger partial charge in [0, 0.05) is 7.05 Å². The maximum Gasteiger partial charge on any atom is 0.343 e. The second-order valence-corrected chi connectivity index (χ2v) is 5.47. The Hall–Kier alpha value is -2.30. The van der Waals surface area contributed by atoms with E-state index in [1.165, 1.54) is 10.2 Å². The summed E-state index contributed by atoms with van der Waals surface area (Å²) >= 11 is 0. The van der Waals surface area contributed by atoms with Crippen LogP contribution in [0, 0.1) is 13.8 Å². The van der Waals surface area contributed by atoms with Crippen molar-refractivity contribution in [3.05, 3.63) is 40.6 Å². The van der Waals surface area contributed by atoms with E-state index < -0.39 is 5.97 Å². The van der Waals surface area contributed by atoms with Gasteiger partial charge in [-0.15, -0.1) is 0 Å². The maximum absolute atomic E-state index is 11.3. The van der Waals surface area contributed by atoms with Gasteiger partial charge in [0.15, 0.2) is 0 Å². The van der Waals surface area contributed by atoms with Crippen molar-refractivity contribution in [3.8, 4) is 11.6 Å². The van der Waals surface area contributed by atoms with E-state index in [1.54, 1.807) is 14.0 Å². The molecular formula is C16H20N2O3. The highest BCUT2D eigenvalue weighted by Crippen LogP contribution is 2.30. The molecule has 112 valence electrons. The highest BCUT2D eigenvalue weighted by molar-refractivity contribution is 5.91. The van der Waals surface area contributed by atoms with E-state index in [0.29, 0.717) is 17.4 Å². The summed E-state index contributed by atoms with van der Waals surface area (Å²) in [5.74, 6) is 0.262. The number of carbonyl (C=O) groups is 1. The number of hydrogen-bond acceptors (Lipinski definition) is 3. The van der Waals surface area contributed by atoms with E-state index in [4.69, 9.17) is 4.74 Å². The lowest BCUT2D eigenvalue weighted by atomic mass is 9.98. The minimum Gasteiger partial charge on any atom is -0.477 e. The number of ether oxygens (including phenoxy) is 1. The monoisotopic (exact) mass is 288 g/mol. The van der Waals surface area contributed by atoms with Gasteiger partial charge in [-0.25, -0.2) is 9.48 Å². The van der Waals surface area contributed by atoms with Crippen molar-refractivity contribution < 1.29 is 14.6 Å². The van der Waals surface area contributed by atoms with Crippen molar-refractivity contribution in [3.63, 3.8) is 0 Å². The molecule has 0 radical (unpaired) electrons. The zero-order valence-corrected chi connectivity index (χ0v) is 13.0. The zero-order chi connectivity index (χ0) is 15.7. The molecule has 21 heavy (non-hydrogen) atoms. The number of aromatic carboxylic acids is 1. The van der Waals surface area contributed by atoms with Gasteiger partial charge in [0.1, 0.15) is 11.3 Å². The fourth-order valence-corrected chi connectivity index (χ4v) is 2.47. The van der Waals surface area contributed by atoms with Crippen LogP contribution in [0.1, 0.15) is 46.9 Å². The van der Waals surface area contributed by atoms with Crippen molar-refractivity contribution in [2.24, 2.45) is 7.05 Å². The molecule has 0 spiro atoms. The third-order valence-corrected chi connectivity index (χ3v) is 3.46. The minimum absolute atomic E-state index is 0.100. The highest BCUT2D eigenvalue weighted by atomic mass is 16.5. The molecule has 0 fully saturated rings. The lowest BCUT2D eigenvalue weighted by molar-refractivity contribution is 0.0693. The van der Waals surface area contributed by atoms with E-state index in [2.05, 4.69) is 18.9 Å². The van der Waals surface area contributed by atoms with Crippen molar-refractivity contribution in [1.82, 2.24) is 9.78 Å². The molecule has 0 saturated heterocycles. The molecule has 5 nitrogen and oxygen atoms in total. The molecule has 0 unspecified atom stereocenters. The van der Waals surface area contributed by atoms with Gasteiger partial charge in [-0.05, 0) is 43.0 Å². The van der Waals surface area contributed by atoms with Gasteiger partial charge >= 0.3 is 5.97 Å². The van der Waals surface area contributed by atoms with Crippen LogP contribution in [0.15, 0.2) is 18.2 Å². The number of nitrogens with zero attached hydrogens (tertiary/aromatic N) is 2. The Bertz CT molecular complexity index is 687. The van der Waals surface area contributed by atoms with Gasteiger partial charge in [-0.1, -0.05) is 19.9 Å². The van der Waals surface area contributed by atoms with Gasteiger partial charge in [-0.2, -0.15) is 5.10 Å². The first-order valence-electron chi connectivity index (χ1n) is 6.86. The lowest BCUT2D eigenvalue weighted by Crippen LogP contribution is -2.02. The third-order valence-electron chi connectivity index (χ3n) is 3.46. The predicted octanol–water partition coefficient (Wildman–Crippen LogP) is 3.65. The summed E-state index contributed by atoms with van der Waals surface area (Å²) in [6, 6.07) is 5.79. The largest absolute Gasteiger partial charge is 0.477 e. The number of benzene rings is 1. The molecule has 0 aliphatic heterocycles. The lowest BCUT2D eigenvalue weighted by Gasteiger charge is -2.12. The zero-order valence-electron chi connectivity index (χ0n) is 13.0. The Morgan fingerprint density at radius 2 is 2.00 bits per heavy atom. The van der Waals surface area contributed by atoms with Crippen molar-refractivity contribution >= 4 is 5.97 Å². The van der Waals surface area contributed by atoms with Crippen molar-refractivity contribution in [2.75, 3.05) is 0 Å². The van der Waals surface area contributed by atoms with Crippen LogP contribution in [0.4, 0.5) is 0 Å². The molecule has 2 rings (SSSR count). The van der Waals surface area contributed by atoms with Crippen LogP contribution in [-0.2, 0) is 7.05 Å². The number of carboxylic acids is 1. The summed E-state index contributed by atoms with van der Waals surface area (Å²) in [5.41, 5.74) is 2.92. The Labute approximate surface area is 124 Å². The summed E-state index contributed by atoms with van der Waals surface area (Å²) in [6.07, 6.45) is 0. The molecule has 0 amide bonds. The smallest absolute Gasteiger partial charge is 0.343 e. The van der Waals surface area contributed by atoms with E-state index in [-0.39, 0.29) is 11.4 Å². The Morgan fingerprint density at radius 3 is 2.52 bits per heavy atom. The molecule has 2 aromatic rings. The molecule has 1 aromatic carbocycles. The molecule has 0 atom stereocenters. The number of carboxylic acid groups (broad SMARTS) is 1. The highest BCUT2D eigenvalue weighted by Gasteiger charge is 2.21. The molecule has 1 heterocycles. The van der Waals surface area contributed by atoms with Crippen LogP contribution in [0.3, 0.4) is 0 Å². The fraction of sp³-hybridized carbons (Fsp3) is 0.375. The standard InChI is InChI=1S/C16H20N2O3/c1-9(2)13-7-6-12(8-10(13)3)21-15-14(16(19)20)11(4)17-18(15)5/h6-9H,1-5H3,(H,19,20). The Balaban J connectivity index is 2.39. The van der Waals surface area contributed by atoms with Crippen LogP contribution in [0.25, 0.3) is 0 Å². The number of hydrogen-bond donors (Lipinski definition) is 1. The van der Waals surface area contributed by atoms with E-state index >= 15 is 0 Å².